The van der Waals surface area contributed by atoms with Gasteiger partial charge in [0.25, 0.3) is 0 Å². The first kappa shape index (κ1) is 12.1. The third-order valence-electron chi connectivity index (χ3n) is 3.41. The van der Waals surface area contributed by atoms with Gasteiger partial charge < -0.3 is 0 Å². The fraction of sp³-hybridized carbons (Fsp3) is 0.462. The standard InChI is InChI=1S/C13H17N5O/c1-4-5-10-9(2)6-14-13-12(10)16-15-11-7-17(19-3)8-18(11)13/h6-7H,4-5,8H2,1-3H3. The van der Waals surface area contributed by atoms with Crippen molar-refractivity contribution in [2.24, 2.45) is 10.2 Å². The summed E-state index contributed by atoms with van der Waals surface area (Å²) in [5, 5.41) is 10.3. The Labute approximate surface area is 112 Å². The number of hydrogen-bond donors (Lipinski definition) is 0. The summed E-state index contributed by atoms with van der Waals surface area (Å²) in [6.45, 7) is 4.84. The van der Waals surface area contributed by atoms with E-state index in [4.69, 9.17) is 4.84 Å². The average Bonchev–Trinajstić information content (AvgIpc) is 2.85. The summed E-state index contributed by atoms with van der Waals surface area (Å²) in [6, 6.07) is 0. The highest BCUT2D eigenvalue weighted by molar-refractivity contribution is 5.71. The van der Waals surface area contributed by atoms with Crippen molar-refractivity contribution in [3.05, 3.63) is 29.3 Å². The maximum Gasteiger partial charge on any atom is 0.177 e. The lowest BCUT2D eigenvalue weighted by Crippen LogP contribution is -2.27. The largest absolute Gasteiger partial charge is 0.285 e. The van der Waals surface area contributed by atoms with Crippen molar-refractivity contribution in [1.82, 2.24) is 10.0 Å². The molecule has 0 saturated heterocycles. The van der Waals surface area contributed by atoms with Gasteiger partial charge in [-0.25, -0.2) is 10.0 Å². The monoisotopic (exact) mass is 259 g/mol. The Bertz CT molecular complexity index is 566. The van der Waals surface area contributed by atoms with Gasteiger partial charge in [-0.2, -0.15) is 0 Å². The molecule has 0 spiro atoms. The Morgan fingerprint density at radius 2 is 2.21 bits per heavy atom. The van der Waals surface area contributed by atoms with Crippen LogP contribution in [0.2, 0.25) is 0 Å². The van der Waals surface area contributed by atoms with Crippen molar-refractivity contribution >= 4 is 11.5 Å². The smallest absolute Gasteiger partial charge is 0.177 e. The van der Waals surface area contributed by atoms with Crippen molar-refractivity contribution in [3.63, 3.8) is 0 Å². The van der Waals surface area contributed by atoms with Crippen LogP contribution >= 0.6 is 0 Å². The molecule has 6 nitrogen and oxygen atoms in total. The van der Waals surface area contributed by atoms with Crippen LogP contribution in [0.25, 0.3) is 0 Å². The summed E-state index contributed by atoms with van der Waals surface area (Å²) < 4.78 is 0. The Kier molecular flexibility index (Phi) is 2.94. The van der Waals surface area contributed by atoms with Gasteiger partial charge in [0.15, 0.2) is 11.6 Å². The predicted octanol–water partition coefficient (Wildman–Crippen LogP) is 2.88. The van der Waals surface area contributed by atoms with Crippen molar-refractivity contribution < 1.29 is 4.84 Å². The van der Waals surface area contributed by atoms with E-state index in [0.717, 1.165) is 30.2 Å². The van der Waals surface area contributed by atoms with Gasteiger partial charge in [-0.3, -0.25) is 9.74 Å². The number of azo groups is 1. The third-order valence-corrected chi connectivity index (χ3v) is 3.41. The highest BCUT2D eigenvalue weighted by atomic mass is 16.7. The number of nitrogens with zero attached hydrogens (tertiary/aromatic N) is 5. The molecule has 3 heterocycles. The summed E-state index contributed by atoms with van der Waals surface area (Å²) in [4.78, 5) is 11.7. The van der Waals surface area contributed by atoms with Gasteiger partial charge in [-0.15, -0.1) is 10.2 Å². The summed E-state index contributed by atoms with van der Waals surface area (Å²) in [5.41, 5.74) is 3.32. The molecule has 0 aliphatic carbocycles. The van der Waals surface area contributed by atoms with Crippen LogP contribution in [-0.4, -0.2) is 23.8 Å². The predicted molar refractivity (Wildman–Crippen MR) is 71.8 cm³/mol. The number of pyridine rings is 1. The molecule has 0 unspecified atom stereocenters. The zero-order valence-electron chi connectivity index (χ0n) is 11.4. The fourth-order valence-electron chi connectivity index (χ4n) is 2.41. The lowest BCUT2D eigenvalue weighted by Gasteiger charge is -2.25. The SMILES string of the molecule is CCCc1c(C)cnc2c1N=NC1=CN(OC)CN12. The summed E-state index contributed by atoms with van der Waals surface area (Å²) >= 11 is 0. The van der Waals surface area contributed by atoms with Gasteiger partial charge in [-0.1, -0.05) is 13.3 Å². The molecule has 0 atom stereocenters. The maximum atomic E-state index is 5.21. The van der Waals surface area contributed by atoms with Crippen LogP contribution in [0.4, 0.5) is 11.5 Å². The van der Waals surface area contributed by atoms with E-state index in [2.05, 4.69) is 29.1 Å². The highest BCUT2D eigenvalue weighted by Crippen LogP contribution is 2.40. The van der Waals surface area contributed by atoms with Crippen LogP contribution in [-0.2, 0) is 11.3 Å². The first-order valence-electron chi connectivity index (χ1n) is 6.45. The Hall–Kier alpha value is -1.95. The van der Waals surface area contributed by atoms with Crippen LogP contribution in [0, 0.1) is 6.92 Å². The molecule has 0 bridgehead atoms. The van der Waals surface area contributed by atoms with Gasteiger partial charge in [0.2, 0.25) is 0 Å². The first-order chi connectivity index (χ1) is 9.24. The van der Waals surface area contributed by atoms with E-state index in [1.807, 2.05) is 17.3 Å². The molecule has 2 aliphatic rings. The van der Waals surface area contributed by atoms with Gasteiger partial charge in [0, 0.05) is 6.20 Å². The first-order valence-corrected chi connectivity index (χ1v) is 6.45. The molecular weight excluding hydrogens is 242 g/mol. The van der Waals surface area contributed by atoms with Crippen LogP contribution in [0.5, 0.6) is 0 Å². The van der Waals surface area contributed by atoms with E-state index in [1.165, 1.54) is 11.1 Å². The van der Waals surface area contributed by atoms with Crippen LogP contribution in [0.1, 0.15) is 24.5 Å². The van der Waals surface area contributed by atoms with Gasteiger partial charge in [0.1, 0.15) is 12.4 Å². The number of anilines is 1. The van der Waals surface area contributed by atoms with Gasteiger partial charge >= 0.3 is 0 Å². The molecule has 1 aromatic rings. The molecule has 19 heavy (non-hydrogen) atoms. The van der Waals surface area contributed by atoms with E-state index in [0.29, 0.717) is 6.67 Å². The van der Waals surface area contributed by atoms with E-state index < -0.39 is 0 Å². The second kappa shape index (κ2) is 4.62. The van der Waals surface area contributed by atoms with Crippen LogP contribution < -0.4 is 4.90 Å². The van der Waals surface area contributed by atoms with Crippen molar-refractivity contribution in [2.75, 3.05) is 18.7 Å². The number of aromatic nitrogens is 1. The highest BCUT2D eigenvalue weighted by Gasteiger charge is 2.30. The Morgan fingerprint density at radius 1 is 1.37 bits per heavy atom. The minimum atomic E-state index is 0.597. The lowest BCUT2D eigenvalue weighted by atomic mass is 10.0. The van der Waals surface area contributed by atoms with Crippen molar-refractivity contribution in [3.8, 4) is 0 Å². The molecule has 100 valence electrons. The normalized spacial score (nSPS) is 16.5. The Balaban J connectivity index is 2.06. The third kappa shape index (κ3) is 1.88. The quantitative estimate of drug-likeness (QED) is 0.837. The fourth-order valence-corrected chi connectivity index (χ4v) is 2.41. The van der Waals surface area contributed by atoms with Crippen molar-refractivity contribution in [2.45, 2.75) is 26.7 Å². The van der Waals surface area contributed by atoms with Gasteiger partial charge in [-0.05, 0) is 24.5 Å². The molecule has 2 aliphatic heterocycles. The summed E-state index contributed by atoms with van der Waals surface area (Å²) in [6.07, 6.45) is 5.82. The molecule has 1 aromatic heterocycles. The van der Waals surface area contributed by atoms with E-state index in [-0.39, 0.29) is 0 Å². The van der Waals surface area contributed by atoms with Crippen LogP contribution in [0.3, 0.4) is 0 Å². The average molecular weight is 259 g/mol. The van der Waals surface area contributed by atoms with Crippen LogP contribution in [0.15, 0.2) is 28.4 Å². The lowest BCUT2D eigenvalue weighted by molar-refractivity contribution is -0.0790. The molecule has 0 aromatic carbocycles. The molecule has 0 amide bonds. The summed E-state index contributed by atoms with van der Waals surface area (Å²) in [7, 11) is 1.64. The molecular formula is C13H17N5O. The summed E-state index contributed by atoms with van der Waals surface area (Å²) in [5.74, 6) is 1.64. The maximum absolute atomic E-state index is 5.21. The number of hydrogen-bond acceptors (Lipinski definition) is 6. The minimum absolute atomic E-state index is 0.597. The molecule has 0 saturated carbocycles. The number of aryl methyl sites for hydroxylation is 1. The van der Waals surface area contributed by atoms with E-state index >= 15 is 0 Å². The molecule has 0 fully saturated rings. The zero-order valence-corrected chi connectivity index (χ0v) is 11.4. The topological polar surface area (TPSA) is 53.3 Å². The van der Waals surface area contributed by atoms with Gasteiger partial charge in [0.05, 0.1) is 13.3 Å². The Morgan fingerprint density at radius 3 is 2.95 bits per heavy atom. The van der Waals surface area contributed by atoms with E-state index in [1.54, 1.807) is 12.2 Å². The number of hydroxylamine groups is 2. The van der Waals surface area contributed by atoms with Crippen molar-refractivity contribution in [1.29, 1.82) is 0 Å². The minimum Gasteiger partial charge on any atom is -0.285 e. The molecule has 0 N–H and O–H groups in total. The second-order valence-electron chi connectivity index (χ2n) is 4.70. The second-order valence-corrected chi connectivity index (χ2v) is 4.70. The zero-order chi connectivity index (χ0) is 13.4. The number of fused-ring (bicyclic) bond motifs is 3. The number of rotatable bonds is 3. The molecule has 6 heteroatoms. The molecule has 3 rings (SSSR count). The van der Waals surface area contributed by atoms with E-state index in [9.17, 15) is 0 Å². The molecule has 0 radical (unpaired) electrons.